The number of rotatable bonds is 52. The average molecular weight is 946 g/mol. The van der Waals surface area contributed by atoms with Crippen LogP contribution in [0.5, 0.6) is 0 Å². The van der Waals surface area contributed by atoms with E-state index in [1.54, 1.807) is 0 Å². The largest absolute Gasteiger partial charge is 0.462 e. The Hall–Kier alpha value is -3.18. The van der Waals surface area contributed by atoms with Gasteiger partial charge < -0.3 is 14.2 Å². The predicted octanol–water partition coefficient (Wildman–Crippen LogP) is 19.8. The van der Waals surface area contributed by atoms with Crippen LogP contribution in [0.1, 0.15) is 265 Å². The van der Waals surface area contributed by atoms with Crippen LogP contribution in [0.2, 0.25) is 0 Å². The lowest BCUT2D eigenvalue weighted by molar-refractivity contribution is -0.163. The molecular weight excluding hydrogens is 837 g/mol. The number of ether oxygens (including phenoxy) is 3. The van der Waals surface area contributed by atoms with Crippen LogP contribution in [0.25, 0.3) is 0 Å². The Kier molecular flexibility index (Phi) is 55.4. The first-order valence-corrected chi connectivity index (χ1v) is 28.8. The van der Waals surface area contributed by atoms with Gasteiger partial charge in [-0.05, 0) is 103 Å². The molecule has 0 aliphatic heterocycles. The van der Waals surface area contributed by atoms with Crippen molar-refractivity contribution < 1.29 is 23.8 Å². The summed E-state index contributed by atoms with van der Waals surface area (Å²) in [4.78, 5) is 25.5. The summed E-state index contributed by atoms with van der Waals surface area (Å²) in [5.74, 6) is -0.456. The van der Waals surface area contributed by atoms with Crippen molar-refractivity contribution in [3.05, 3.63) is 97.2 Å². The van der Waals surface area contributed by atoms with Crippen LogP contribution < -0.4 is 0 Å². The highest BCUT2D eigenvalue weighted by atomic mass is 16.6. The Labute approximate surface area is 422 Å². The van der Waals surface area contributed by atoms with Crippen LogP contribution in [0.3, 0.4) is 0 Å². The first kappa shape index (κ1) is 64.8. The van der Waals surface area contributed by atoms with Crippen molar-refractivity contribution in [2.75, 3.05) is 19.8 Å². The highest BCUT2D eigenvalue weighted by molar-refractivity contribution is 5.70. The van der Waals surface area contributed by atoms with Gasteiger partial charge in [-0.25, -0.2) is 0 Å². The van der Waals surface area contributed by atoms with Crippen molar-refractivity contribution in [2.24, 2.45) is 0 Å². The van der Waals surface area contributed by atoms with Crippen molar-refractivity contribution in [3.8, 4) is 0 Å². The summed E-state index contributed by atoms with van der Waals surface area (Å²) in [6.45, 7) is 7.65. The molecule has 0 radical (unpaired) electrons. The molecule has 5 nitrogen and oxygen atoms in total. The molecule has 0 saturated heterocycles. The number of carbonyl (C=O) groups excluding carboxylic acids is 2. The number of unbranched alkanes of at least 4 members (excludes halogenated alkanes) is 25. The minimum Gasteiger partial charge on any atom is -0.462 e. The van der Waals surface area contributed by atoms with E-state index in [0.29, 0.717) is 19.4 Å². The molecule has 0 aromatic rings. The molecule has 0 aliphatic carbocycles. The lowest BCUT2D eigenvalue weighted by Crippen LogP contribution is -2.30. The third kappa shape index (κ3) is 55.4. The molecule has 0 bridgehead atoms. The summed E-state index contributed by atoms with van der Waals surface area (Å²) in [5.41, 5.74) is 0. The molecule has 0 fully saturated rings. The monoisotopic (exact) mass is 945 g/mol. The highest BCUT2D eigenvalue weighted by Gasteiger charge is 2.17. The van der Waals surface area contributed by atoms with Crippen LogP contribution >= 0.6 is 0 Å². The van der Waals surface area contributed by atoms with Gasteiger partial charge in [-0.2, -0.15) is 0 Å². The molecule has 0 N–H and O–H groups in total. The van der Waals surface area contributed by atoms with Gasteiger partial charge in [-0.1, -0.05) is 246 Å². The van der Waals surface area contributed by atoms with Gasteiger partial charge in [0.2, 0.25) is 0 Å². The minimum atomic E-state index is -0.567. The van der Waals surface area contributed by atoms with Crippen LogP contribution in [0.4, 0.5) is 0 Å². The lowest BCUT2D eigenvalue weighted by atomic mass is 10.0. The molecule has 5 heteroatoms. The van der Waals surface area contributed by atoms with Crippen LogP contribution in [0, 0.1) is 0 Å². The van der Waals surface area contributed by atoms with Crippen molar-refractivity contribution >= 4 is 11.9 Å². The Morgan fingerprint density at radius 2 is 0.662 bits per heavy atom. The van der Waals surface area contributed by atoms with E-state index in [4.69, 9.17) is 14.2 Å². The summed E-state index contributed by atoms with van der Waals surface area (Å²) >= 11 is 0. The number of hydrogen-bond donors (Lipinski definition) is 0. The summed E-state index contributed by atoms with van der Waals surface area (Å²) < 4.78 is 17.4. The smallest absolute Gasteiger partial charge is 0.306 e. The predicted molar refractivity (Wildman–Crippen MR) is 297 cm³/mol. The molecule has 0 saturated carbocycles. The third-order valence-corrected chi connectivity index (χ3v) is 12.1. The normalized spacial score (nSPS) is 12.9. The Morgan fingerprint density at radius 1 is 0.338 bits per heavy atom. The van der Waals surface area contributed by atoms with E-state index in [0.717, 1.165) is 116 Å². The van der Waals surface area contributed by atoms with E-state index in [2.05, 4.69) is 118 Å². The molecular formula is C63H108O5. The van der Waals surface area contributed by atoms with Crippen LogP contribution in [0.15, 0.2) is 97.2 Å². The second-order valence-corrected chi connectivity index (χ2v) is 18.8. The van der Waals surface area contributed by atoms with Gasteiger partial charge in [-0.3, -0.25) is 9.59 Å². The van der Waals surface area contributed by atoms with E-state index in [9.17, 15) is 9.59 Å². The van der Waals surface area contributed by atoms with E-state index in [1.165, 1.54) is 116 Å². The molecule has 0 aromatic carbocycles. The average Bonchev–Trinajstić information content (AvgIpc) is 3.34. The quantitative estimate of drug-likeness (QED) is 0.0345. The number of esters is 2. The Morgan fingerprint density at radius 3 is 1.10 bits per heavy atom. The maximum atomic E-state index is 12.9. The van der Waals surface area contributed by atoms with Crippen molar-refractivity contribution in [1.29, 1.82) is 0 Å². The highest BCUT2D eigenvalue weighted by Crippen LogP contribution is 2.15. The summed E-state index contributed by atoms with van der Waals surface area (Å²) in [6.07, 6.45) is 78.5. The summed E-state index contributed by atoms with van der Waals surface area (Å²) in [7, 11) is 0. The molecule has 0 heterocycles. The molecule has 0 amide bonds. The number of allylic oxidation sites excluding steroid dienone is 16. The van der Waals surface area contributed by atoms with Crippen LogP contribution in [-0.2, 0) is 23.8 Å². The maximum absolute atomic E-state index is 12.9. The first-order chi connectivity index (χ1) is 33.6. The molecule has 68 heavy (non-hydrogen) atoms. The van der Waals surface area contributed by atoms with Gasteiger partial charge in [0.25, 0.3) is 0 Å². The fraction of sp³-hybridized carbons (Fsp3) is 0.714. The topological polar surface area (TPSA) is 61.8 Å². The standard InChI is InChI=1S/C63H108O5/c1-4-7-10-13-16-19-22-25-28-31-32-34-35-38-41-44-47-50-53-56-62(64)67-60-61(59-66-58-55-52-49-46-43-40-37-30-27-24-21-18-15-12-9-6-3)68-63(65)57-54-51-48-45-42-39-36-33-29-26-23-20-17-14-11-8-5-2/h8,11,16-17,19-20,25-26,28-29,32,34,36,38-39,41,61H,4-7,9-10,12-15,18,21-24,27,30-31,33,35,37,40,42-60H2,1-3H3/b11-8-,19-16-,20-17-,28-25-,29-26-,34-32-,39-36-,41-38-/t61-/m1/s1. The van der Waals surface area contributed by atoms with E-state index < -0.39 is 6.10 Å². The second-order valence-electron chi connectivity index (χ2n) is 18.8. The van der Waals surface area contributed by atoms with Gasteiger partial charge in [0, 0.05) is 19.4 Å². The second kappa shape index (κ2) is 58.1. The molecule has 0 rings (SSSR count). The van der Waals surface area contributed by atoms with E-state index >= 15 is 0 Å². The van der Waals surface area contributed by atoms with Gasteiger partial charge in [0.1, 0.15) is 6.61 Å². The Bertz CT molecular complexity index is 1300. The molecule has 390 valence electrons. The van der Waals surface area contributed by atoms with Crippen molar-refractivity contribution in [2.45, 2.75) is 271 Å². The summed E-state index contributed by atoms with van der Waals surface area (Å²) in [6, 6.07) is 0. The van der Waals surface area contributed by atoms with Gasteiger partial charge in [-0.15, -0.1) is 0 Å². The van der Waals surface area contributed by atoms with Crippen molar-refractivity contribution in [3.63, 3.8) is 0 Å². The first-order valence-electron chi connectivity index (χ1n) is 28.8. The zero-order chi connectivity index (χ0) is 49.2. The fourth-order valence-electron chi connectivity index (χ4n) is 7.84. The van der Waals surface area contributed by atoms with Gasteiger partial charge >= 0.3 is 11.9 Å². The third-order valence-electron chi connectivity index (χ3n) is 12.1. The molecule has 0 spiro atoms. The van der Waals surface area contributed by atoms with Gasteiger partial charge in [0.05, 0.1) is 6.61 Å². The molecule has 0 aliphatic rings. The summed E-state index contributed by atoms with van der Waals surface area (Å²) in [5, 5.41) is 0. The van der Waals surface area contributed by atoms with E-state index in [1.807, 2.05) is 0 Å². The van der Waals surface area contributed by atoms with Gasteiger partial charge in [0.15, 0.2) is 6.10 Å². The number of carbonyl (C=O) groups is 2. The lowest BCUT2D eigenvalue weighted by Gasteiger charge is -2.18. The van der Waals surface area contributed by atoms with Crippen LogP contribution in [-0.4, -0.2) is 37.9 Å². The molecule has 1 atom stereocenters. The van der Waals surface area contributed by atoms with E-state index in [-0.39, 0.29) is 25.2 Å². The SMILES string of the molecule is CC/C=C\C/C=C\C/C=C\C/C=C\CCCCCCC(=O)O[C@H](COCCCCCCCCCCCCCCCCCC)COC(=O)CCCCC/C=C\C/C=C\C/C=C\C/C=C\CCCCC. The fourth-order valence-corrected chi connectivity index (χ4v) is 7.84. The van der Waals surface area contributed by atoms with Crippen molar-refractivity contribution in [1.82, 2.24) is 0 Å². The Balaban J connectivity index is 4.38. The zero-order valence-electron chi connectivity index (χ0n) is 44.8. The maximum Gasteiger partial charge on any atom is 0.306 e. The molecule has 0 aromatic heterocycles. The number of hydrogen-bond acceptors (Lipinski definition) is 5. The minimum absolute atomic E-state index is 0.0562. The zero-order valence-corrected chi connectivity index (χ0v) is 44.8. The molecule has 0 unspecified atom stereocenters.